The van der Waals surface area contributed by atoms with E-state index >= 15 is 0 Å². The molecule has 0 unspecified atom stereocenters. The maximum atomic E-state index is 4.35. The summed E-state index contributed by atoms with van der Waals surface area (Å²) in [5.74, 6) is 0. The maximum Gasteiger partial charge on any atom is 0.0715 e. The van der Waals surface area contributed by atoms with Crippen LogP contribution in [0.3, 0.4) is 0 Å². The van der Waals surface area contributed by atoms with E-state index in [9.17, 15) is 0 Å². The maximum absolute atomic E-state index is 4.35. The van der Waals surface area contributed by atoms with Crippen LogP contribution in [0, 0.1) is 6.92 Å². The van der Waals surface area contributed by atoms with E-state index in [0.717, 1.165) is 22.4 Å². The summed E-state index contributed by atoms with van der Waals surface area (Å²) in [6, 6.07) is 28.7. The number of benzene rings is 3. The van der Waals surface area contributed by atoms with Gasteiger partial charge in [0.1, 0.15) is 0 Å². The van der Waals surface area contributed by atoms with Gasteiger partial charge in [0.2, 0.25) is 0 Å². The Labute approximate surface area is 243 Å². The lowest BCUT2D eigenvalue weighted by molar-refractivity contribution is 0.666. The highest BCUT2D eigenvalue weighted by Crippen LogP contribution is 2.14. The van der Waals surface area contributed by atoms with Crippen LogP contribution in [0.4, 0.5) is 0 Å². The Morgan fingerprint density at radius 1 is 0.550 bits per heavy atom. The topological polar surface area (TPSA) is 49.4 Å². The average molecular weight is 537 g/mol. The van der Waals surface area contributed by atoms with E-state index in [1.54, 1.807) is 7.05 Å². The Bertz CT molecular complexity index is 1130. The second-order valence-electron chi connectivity index (χ2n) is 9.95. The lowest BCUT2D eigenvalue weighted by Crippen LogP contribution is -2.03. The zero-order valence-electron chi connectivity index (χ0n) is 25.3. The van der Waals surface area contributed by atoms with Crippen molar-refractivity contribution in [1.82, 2.24) is 0 Å². The molecule has 2 aliphatic carbocycles. The van der Waals surface area contributed by atoms with Crippen LogP contribution in [-0.2, 0) is 0 Å². The fourth-order valence-corrected chi connectivity index (χ4v) is 4.61. The zero-order chi connectivity index (χ0) is 28.8. The van der Waals surface area contributed by atoms with Crippen molar-refractivity contribution < 1.29 is 0 Å². The molecule has 40 heavy (non-hydrogen) atoms. The summed E-state index contributed by atoms with van der Waals surface area (Å²) in [6.45, 7) is 2.08. The Balaban J connectivity index is 0.000000196. The molecular weight excluding hydrogens is 488 g/mol. The van der Waals surface area contributed by atoms with Gasteiger partial charge in [-0.05, 0) is 63.9 Å². The molecule has 3 aromatic rings. The third-order valence-corrected chi connectivity index (χ3v) is 6.92. The number of rotatable bonds is 3. The second-order valence-corrected chi connectivity index (χ2v) is 9.95. The summed E-state index contributed by atoms with van der Waals surface area (Å²) in [5, 5.41) is 0. The van der Waals surface area contributed by atoms with Crippen molar-refractivity contribution in [3.63, 3.8) is 0 Å². The largest absolute Gasteiger partial charge is 0.297 e. The van der Waals surface area contributed by atoms with Crippen molar-refractivity contribution in [2.75, 3.05) is 28.2 Å². The molecule has 0 bridgehead atoms. The molecular formula is C36H48N4. The quantitative estimate of drug-likeness (QED) is 0.300. The van der Waals surface area contributed by atoms with E-state index in [4.69, 9.17) is 0 Å². The first kappa shape index (κ1) is 32.6. The molecule has 3 aromatic carbocycles. The minimum atomic E-state index is 1.04. The SMILES string of the molecule is CN=C(c1ccccc1)c1ccccc1.CN=C1CCCC1.CN=C1CCCCC1.CN=Cc1ccc(C)cc1. The fourth-order valence-electron chi connectivity index (χ4n) is 4.61. The van der Waals surface area contributed by atoms with Crippen LogP contribution in [0.2, 0.25) is 0 Å². The van der Waals surface area contributed by atoms with Crippen molar-refractivity contribution in [3.8, 4) is 0 Å². The van der Waals surface area contributed by atoms with Crippen LogP contribution in [0.15, 0.2) is 105 Å². The molecule has 0 amide bonds. The molecule has 2 fully saturated rings. The van der Waals surface area contributed by atoms with E-state index in [-0.39, 0.29) is 0 Å². The summed E-state index contributed by atoms with van der Waals surface area (Å²) in [5.41, 5.74) is 8.64. The zero-order valence-corrected chi connectivity index (χ0v) is 25.3. The van der Waals surface area contributed by atoms with Crippen LogP contribution >= 0.6 is 0 Å². The molecule has 4 nitrogen and oxygen atoms in total. The molecule has 212 valence electrons. The molecule has 0 aliphatic heterocycles. The number of nitrogens with zero attached hydrogens (tertiary/aromatic N) is 4. The Morgan fingerprint density at radius 3 is 1.32 bits per heavy atom. The molecule has 2 aliphatic rings. The van der Waals surface area contributed by atoms with Gasteiger partial charge < -0.3 is 0 Å². The summed E-state index contributed by atoms with van der Waals surface area (Å²) in [7, 11) is 7.40. The molecule has 0 N–H and O–H groups in total. The van der Waals surface area contributed by atoms with Crippen LogP contribution in [0.25, 0.3) is 0 Å². The predicted molar refractivity (Wildman–Crippen MR) is 177 cm³/mol. The summed E-state index contributed by atoms with van der Waals surface area (Å²) >= 11 is 0. The predicted octanol–water partition coefficient (Wildman–Crippen LogP) is 8.85. The summed E-state index contributed by atoms with van der Waals surface area (Å²) < 4.78 is 0. The highest BCUT2D eigenvalue weighted by molar-refractivity contribution is 6.12. The molecule has 0 spiro atoms. The standard InChI is InChI=1S/C14H13N.C9H11N.C7H13N.C6H11N/c1-15-14(12-8-4-2-5-9-12)13-10-6-3-7-11-13;1-8-3-5-9(6-4-8)7-10-2;1-8-7-5-3-2-4-6-7;1-7-6-4-2-3-5-6/h2-11H,1H3;3-7H,1-2H3;2-6H2,1H3;2-5H2,1H3. The number of aliphatic imine (C=N–C) groups is 4. The van der Waals surface area contributed by atoms with E-state index in [1.165, 1.54) is 74.8 Å². The summed E-state index contributed by atoms with van der Waals surface area (Å²) in [4.78, 5) is 16.5. The molecule has 0 heterocycles. The fraction of sp³-hybridized carbons (Fsp3) is 0.389. The first-order valence-corrected chi connectivity index (χ1v) is 14.6. The van der Waals surface area contributed by atoms with E-state index in [1.807, 2.05) is 63.8 Å². The number of hydrogen-bond acceptors (Lipinski definition) is 4. The smallest absolute Gasteiger partial charge is 0.0715 e. The molecule has 5 rings (SSSR count). The third-order valence-electron chi connectivity index (χ3n) is 6.92. The highest BCUT2D eigenvalue weighted by atomic mass is 14.7. The van der Waals surface area contributed by atoms with Gasteiger partial charge in [-0.3, -0.25) is 20.0 Å². The highest BCUT2D eigenvalue weighted by Gasteiger charge is 2.05. The van der Waals surface area contributed by atoms with E-state index < -0.39 is 0 Å². The first-order chi connectivity index (χ1) is 19.6. The second kappa shape index (κ2) is 20.3. The van der Waals surface area contributed by atoms with E-state index in [0.29, 0.717) is 0 Å². The van der Waals surface area contributed by atoms with Gasteiger partial charge in [-0.15, -0.1) is 0 Å². The van der Waals surface area contributed by atoms with Crippen molar-refractivity contribution in [3.05, 3.63) is 107 Å². The van der Waals surface area contributed by atoms with Gasteiger partial charge in [0.05, 0.1) is 5.71 Å². The van der Waals surface area contributed by atoms with Gasteiger partial charge in [0.15, 0.2) is 0 Å². The minimum absolute atomic E-state index is 1.04. The van der Waals surface area contributed by atoms with Crippen LogP contribution in [0.1, 0.15) is 80.0 Å². The molecule has 0 atom stereocenters. The monoisotopic (exact) mass is 536 g/mol. The molecule has 4 heteroatoms. The van der Waals surface area contributed by atoms with Crippen LogP contribution in [0.5, 0.6) is 0 Å². The summed E-state index contributed by atoms with van der Waals surface area (Å²) in [6.07, 6.45) is 13.8. The average Bonchev–Trinajstić information content (AvgIpc) is 3.56. The van der Waals surface area contributed by atoms with Crippen molar-refractivity contribution in [2.24, 2.45) is 20.0 Å². The van der Waals surface area contributed by atoms with E-state index in [2.05, 4.69) is 75.4 Å². The number of hydrogen-bond donors (Lipinski definition) is 0. The minimum Gasteiger partial charge on any atom is -0.297 e. The van der Waals surface area contributed by atoms with Crippen molar-refractivity contribution in [1.29, 1.82) is 0 Å². The normalized spacial score (nSPS) is 14.0. The van der Waals surface area contributed by atoms with Gasteiger partial charge in [-0.1, -0.05) is 96.9 Å². The molecule has 0 radical (unpaired) electrons. The third kappa shape index (κ3) is 12.9. The Hall–Kier alpha value is -3.66. The Morgan fingerprint density at radius 2 is 0.975 bits per heavy atom. The Kier molecular flexibility index (Phi) is 16.5. The van der Waals surface area contributed by atoms with Crippen molar-refractivity contribution >= 4 is 23.3 Å². The van der Waals surface area contributed by atoms with Crippen LogP contribution < -0.4 is 0 Å². The number of aryl methyl sites for hydroxylation is 1. The van der Waals surface area contributed by atoms with Gasteiger partial charge in [0.25, 0.3) is 0 Å². The molecule has 0 saturated heterocycles. The lowest BCUT2D eigenvalue weighted by Gasteiger charge is -2.10. The van der Waals surface area contributed by atoms with Gasteiger partial charge in [0, 0.05) is 57.0 Å². The van der Waals surface area contributed by atoms with Crippen LogP contribution in [-0.4, -0.2) is 51.5 Å². The van der Waals surface area contributed by atoms with Gasteiger partial charge >= 0.3 is 0 Å². The molecule has 0 aromatic heterocycles. The lowest BCUT2D eigenvalue weighted by atomic mass is 9.99. The molecule has 2 saturated carbocycles. The van der Waals surface area contributed by atoms with Crippen molar-refractivity contribution in [2.45, 2.75) is 64.7 Å². The van der Waals surface area contributed by atoms with Gasteiger partial charge in [-0.25, -0.2) is 0 Å². The first-order valence-electron chi connectivity index (χ1n) is 14.6. The van der Waals surface area contributed by atoms with Gasteiger partial charge in [-0.2, -0.15) is 0 Å².